The highest BCUT2D eigenvalue weighted by Crippen LogP contribution is 2.22. The van der Waals surface area contributed by atoms with Crippen LogP contribution in [0.15, 0.2) is 54.6 Å². The minimum absolute atomic E-state index is 0.561. The Balaban J connectivity index is 2.20. The molecule has 1 atom stereocenters. The van der Waals surface area contributed by atoms with E-state index in [1.54, 1.807) is 0 Å². The van der Waals surface area contributed by atoms with Crippen molar-refractivity contribution in [2.75, 3.05) is 0 Å². The summed E-state index contributed by atoms with van der Waals surface area (Å²) >= 11 is 4.54. The van der Waals surface area contributed by atoms with E-state index < -0.39 is 6.10 Å². The Morgan fingerprint density at radius 3 is 2.17 bits per heavy atom. The Bertz CT molecular complexity index is 564. The van der Waals surface area contributed by atoms with Crippen LogP contribution in [0.25, 0.3) is 6.08 Å². The lowest BCUT2D eigenvalue weighted by atomic mass is 10.1. The number of halogens is 2. The molecular weight excluding hydrogens is 450 g/mol. The van der Waals surface area contributed by atoms with Crippen LogP contribution in [0.5, 0.6) is 0 Å². The van der Waals surface area contributed by atoms with Crippen molar-refractivity contribution < 1.29 is 5.11 Å². The lowest BCUT2D eigenvalue weighted by Crippen LogP contribution is -1.95. The summed E-state index contributed by atoms with van der Waals surface area (Å²) in [5.41, 5.74) is 2.07. The number of hydrogen-bond donors (Lipinski definition) is 1. The molecule has 0 aliphatic heterocycles. The molecule has 0 aromatic heterocycles. The van der Waals surface area contributed by atoms with Gasteiger partial charge in [-0.2, -0.15) is 0 Å². The Morgan fingerprint density at radius 2 is 1.50 bits per heavy atom. The molecule has 2 aromatic carbocycles. The van der Waals surface area contributed by atoms with Crippen molar-refractivity contribution in [1.29, 1.82) is 0 Å². The van der Waals surface area contributed by atoms with Gasteiger partial charge in [0.15, 0.2) is 0 Å². The molecule has 0 heterocycles. The molecule has 0 saturated heterocycles. The fourth-order valence-corrected chi connectivity index (χ4v) is 2.90. The van der Waals surface area contributed by atoms with Gasteiger partial charge in [0.25, 0.3) is 0 Å². The maximum atomic E-state index is 10.2. The van der Waals surface area contributed by atoms with Crippen molar-refractivity contribution in [3.8, 4) is 0 Å². The minimum atomic E-state index is -0.561. The normalized spacial score (nSPS) is 12.8. The molecule has 1 nitrogen and oxygen atoms in total. The van der Waals surface area contributed by atoms with E-state index in [1.807, 2.05) is 54.6 Å². The predicted octanol–water partition coefficient (Wildman–Crippen LogP) is 4.64. The zero-order valence-corrected chi connectivity index (χ0v) is 13.9. The molecule has 0 aliphatic carbocycles. The fraction of sp³-hybridized carbons (Fsp3) is 0.0667. The van der Waals surface area contributed by atoms with E-state index in [0.29, 0.717) is 0 Å². The second kappa shape index (κ2) is 6.68. The summed E-state index contributed by atoms with van der Waals surface area (Å²) < 4.78 is 2.26. The van der Waals surface area contributed by atoms with Crippen molar-refractivity contribution in [2.45, 2.75) is 6.10 Å². The number of aliphatic hydroxyl groups is 1. The topological polar surface area (TPSA) is 20.2 Å². The summed E-state index contributed by atoms with van der Waals surface area (Å²) in [7, 11) is 0. The van der Waals surface area contributed by atoms with E-state index in [4.69, 9.17) is 0 Å². The first-order chi connectivity index (χ1) is 8.68. The van der Waals surface area contributed by atoms with Crippen molar-refractivity contribution >= 4 is 51.3 Å². The van der Waals surface area contributed by atoms with Crippen LogP contribution in [-0.4, -0.2) is 5.11 Å². The molecule has 0 spiro atoms. The standard InChI is InChI=1S/C15H12I2O/c16-13-7-3-1-5-11(13)9-10-15(18)12-6-2-4-8-14(12)17/h1-10,15,18H/b10-9+. The maximum absolute atomic E-state index is 10.2. The number of hydrogen-bond acceptors (Lipinski definition) is 1. The first-order valence-corrected chi connectivity index (χ1v) is 7.69. The zero-order chi connectivity index (χ0) is 13.0. The van der Waals surface area contributed by atoms with Crippen LogP contribution in [0.3, 0.4) is 0 Å². The summed E-state index contributed by atoms with van der Waals surface area (Å²) in [6.45, 7) is 0. The largest absolute Gasteiger partial charge is 0.384 e. The smallest absolute Gasteiger partial charge is 0.0985 e. The molecule has 2 rings (SSSR count). The van der Waals surface area contributed by atoms with Gasteiger partial charge in [-0.25, -0.2) is 0 Å². The number of rotatable bonds is 3. The molecule has 1 N–H and O–H groups in total. The third kappa shape index (κ3) is 3.55. The molecule has 18 heavy (non-hydrogen) atoms. The van der Waals surface area contributed by atoms with Gasteiger partial charge in [0.2, 0.25) is 0 Å². The van der Waals surface area contributed by atoms with Gasteiger partial charge in [0, 0.05) is 7.14 Å². The van der Waals surface area contributed by atoms with Gasteiger partial charge in [-0.1, -0.05) is 48.6 Å². The second-order valence-corrected chi connectivity index (χ2v) is 6.17. The average Bonchev–Trinajstić information content (AvgIpc) is 2.38. The maximum Gasteiger partial charge on any atom is 0.0985 e. The molecule has 0 aliphatic rings. The van der Waals surface area contributed by atoms with Gasteiger partial charge in [-0.05, 0) is 68.4 Å². The summed E-state index contributed by atoms with van der Waals surface area (Å²) in [6, 6.07) is 16.0. The van der Waals surface area contributed by atoms with Crippen molar-refractivity contribution in [3.05, 3.63) is 72.9 Å². The van der Waals surface area contributed by atoms with E-state index in [2.05, 4.69) is 51.2 Å². The van der Waals surface area contributed by atoms with Gasteiger partial charge < -0.3 is 5.11 Å². The van der Waals surface area contributed by atoms with E-state index in [9.17, 15) is 5.11 Å². The first-order valence-electron chi connectivity index (χ1n) is 5.53. The fourth-order valence-electron chi connectivity index (χ4n) is 1.62. The molecule has 0 radical (unpaired) electrons. The third-order valence-electron chi connectivity index (χ3n) is 2.59. The quantitative estimate of drug-likeness (QED) is 0.660. The Morgan fingerprint density at radius 1 is 0.889 bits per heavy atom. The van der Waals surface area contributed by atoms with E-state index >= 15 is 0 Å². The van der Waals surface area contributed by atoms with Crippen LogP contribution in [-0.2, 0) is 0 Å². The highest BCUT2D eigenvalue weighted by molar-refractivity contribution is 14.1. The van der Waals surface area contributed by atoms with Gasteiger partial charge in [0.05, 0.1) is 6.10 Å². The van der Waals surface area contributed by atoms with Gasteiger partial charge in [0.1, 0.15) is 0 Å². The number of benzene rings is 2. The predicted molar refractivity (Wildman–Crippen MR) is 92.3 cm³/mol. The Kier molecular flexibility index (Phi) is 5.20. The molecule has 3 heteroatoms. The highest BCUT2D eigenvalue weighted by atomic mass is 127. The minimum Gasteiger partial charge on any atom is -0.384 e. The molecule has 0 amide bonds. The van der Waals surface area contributed by atoms with Crippen LogP contribution in [0, 0.1) is 7.14 Å². The number of aliphatic hydroxyl groups excluding tert-OH is 1. The lowest BCUT2D eigenvalue weighted by Gasteiger charge is -2.08. The SMILES string of the molecule is OC(/C=C/c1ccccc1I)c1ccccc1I. The van der Waals surface area contributed by atoms with Gasteiger partial charge >= 0.3 is 0 Å². The summed E-state index contributed by atoms with van der Waals surface area (Å²) in [6.07, 6.45) is 3.24. The average molecular weight is 462 g/mol. The van der Waals surface area contributed by atoms with Crippen molar-refractivity contribution in [2.24, 2.45) is 0 Å². The third-order valence-corrected chi connectivity index (χ3v) is 4.55. The van der Waals surface area contributed by atoms with Crippen LogP contribution in [0.4, 0.5) is 0 Å². The van der Waals surface area contributed by atoms with Crippen molar-refractivity contribution in [1.82, 2.24) is 0 Å². The van der Waals surface area contributed by atoms with E-state index in [1.165, 1.54) is 3.57 Å². The zero-order valence-electron chi connectivity index (χ0n) is 9.55. The Labute approximate surface area is 134 Å². The summed E-state index contributed by atoms with van der Waals surface area (Å²) in [4.78, 5) is 0. The highest BCUT2D eigenvalue weighted by Gasteiger charge is 2.06. The second-order valence-electron chi connectivity index (χ2n) is 3.85. The van der Waals surface area contributed by atoms with Crippen LogP contribution in [0.2, 0.25) is 0 Å². The summed E-state index contributed by atoms with van der Waals surface area (Å²) in [5, 5.41) is 10.2. The molecule has 92 valence electrons. The molecule has 0 saturated carbocycles. The molecule has 0 fully saturated rings. The molecule has 0 bridgehead atoms. The van der Waals surface area contributed by atoms with Gasteiger partial charge in [-0.15, -0.1) is 0 Å². The van der Waals surface area contributed by atoms with Crippen LogP contribution in [0.1, 0.15) is 17.2 Å². The lowest BCUT2D eigenvalue weighted by molar-refractivity contribution is 0.228. The van der Waals surface area contributed by atoms with Crippen LogP contribution < -0.4 is 0 Å². The van der Waals surface area contributed by atoms with E-state index in [-0.39, 0.29) is 0 Å². The van der Waals surface area contributed by atoms with E-state index in [0.717, 1.165) is 14.7 Å². The Hall–Kier alpha value is -0.400. The molecular formula is C15H12I2O. The monoisotopic (exact) mass is 462 g/mol. The van der Waals surface area contributed by atoms with Crippen LogP contribution >= 0.6 is 45.2 Å². The first kappa shape index (κ1) is 14.0. The summed E-state index contributed by atoms with van der Waals surface area (Å²) in [5.74, 6) is 0. The van der Waals surface area contributed by atoms with Gasteiger partial charge in [-0.3, -0.25) is 0 Å². The molecule has 2 aromatic rings. The van der Waals surface area contributed by atoms with Crippen molar-refractivity contribution in [3.63, 3.8) is 0 Å². The molecule has 1 unspecified atom stereocenters.